The number of anilines is 1. The van der Waals surface area contributed by atoms with Crippen LogP contribution >= 0.6 is 34.8 Å². The van der Waals surface area contributed by atoms with Crippen molar-refractivity contribution in [3.63, 3.8) is 0 Å². The van der Waals surface area contributed by atoms with Crippen LogP contribution in [0.4, 0.5) is 5.82 Å². The molecule has 1 aliphatic heterocycles. The quantitative estimate of drug-likeness (QED) is 0.634. The van der Waals surface area contributed by atoms with Crippen LogP contribution in [0.3, 0.4) is 0 Å². The van der Waals surface area contributed by atoms with Crippen LogP contribution in [-0.2, 0) is 9.53 Å². The van der Waals surface area contributed by atoms with Crippen LogP contribution in [0.15, 0.2) is 17.2 Å². The highest BCUT2D eigenvalue weighted by molar-refractivity contribution is 6.66. The molecule has 1 unspecified atom stereocenters. The second kappa shape index (κ2) is 5.94. The van der Waals surface area contributed by atoms with Crippen molar-refractivity contribution in [2.24, 2.45) is 5.10 Å². The van der Waals surface area contributed by atoms with Gasteiger partial charge in [-0.1, -0.05) is 34.8 Å². The van der Waals surface area contributed by atoms with Crippen LogP contribution in [0, 0.1) is 0 Å². The van der Waals surface area contributed by atoms with Gasteiger partial charge in [0.15, 0.2) is 11.9 Å². The van der Waals surface area contributed by atoms with Crippen molar-refractivity contribution in [1.29, 1.82) is 0 Å². The number of hydrogen-bond acceptors (Lipinski definition) is 5. The summed E-state index contributed by atoms with van der Waals surface area (Å²) in [6, 6.07) is 2.46. The molecule has 1 aromatic rings. The molecule has 0 bridgehead atoms. The summed E-state index contributed by atoms with van der Waals surface area (Å²) in [5.74, 6) is -0.150. The fraction of sp³-hybridized carbons (Fsp3) is 0.364. The van der Waals surface area contributed by atoms with E-state index in [4.69, 9.17) is 39.5 Å². The van der Waals surface area contributed by atoms with Crippen LogP contribution in [0.2, 0.25) is 10.2 Å². The number of halogens is 3. The van der Waals surface area contributed by atoms with Gasteiger partial charge < -0.3 is 4.74 Å². The van der Waals surface area contributed by atoms with Crippen molar-refractivity contribution < 1.29 is 9.53 Å². The first-order valence-electron chi connectivity index (χ1n) is 5.53. The van der Waals surface area contributed by atoms with Crippen LogP contribution in [0.5, 0.6) is 0 Å². The Hall–Kier alpha value is -1.04. The van der Waals surface area contributed by atoms with Gasteiger partial charge in [-0.2, -0.15) is 5.10 Å². The lowest BCUT2D eigenvalue weighted by Gasteiger charge is -2.21. The third-order valence-corrected chi connectivity index (χ3v) is 3.18. The monoisotopic (exact) mass is 321 g/mol. The van der Waals surface area contributed by atoms with Crippen molar-refractivity contribution in [2.75, 3.05) is 11.6 Å². The Labute approximate surface area is 125 Å². The Morgan fingerprint density at radius 3 is 2.89 bits per heavy atom. The van der Waals surface area contributed by atoms with Gasteiger partial charge >= 0.3 is 5.97 Å². The standard InChI is InChI=1S/C11H10Cl3N3O2/c1-2-19-11(18)7-5-9(14)16-17(7)10-6(12)3-4-8(13)15-10/h3-4,7H,2,5H2,1H3. The molecule has 0 amide bonds. The number of aromatic nitrogens is 1. The average Bonchev–Trinajstić information content (AvgIpc) is 2.75. The summed E-state index contributed by atoms with van der Waals surface area (Å²) in [5, 5.41) is 6.26. The summed E-state index contributed by atoms with van der Waals surface area (Å²) in [4.78, 5) is 15.9. The molecule has 1 aromatic heterocycles. The maximum absolute atomic E-state index is 11.9. The van der Waals surface area contributed by atoms with E-state index < -0.39 is 12.0 Å². The highest BCUT2D eigenvalue weighted by Crippen LogP contribution is 2.31. The number of hydrazone groups is 1. The van der Waals surface area contributed by atoms with Crippen molar-refractivity contribution in [1.82, 2.24) is 4.98 Å². The largest absolute Gasteiger partial charge is 0.464 e. The van der Waals surface area contributed by atoms with E-state index in [-0.39, 0.29) is 29.2 Å². The zero-order valence-electron chi connectivity index (χ0n) is 9.94. The topological polar surface area (TPSA) is 54.8 Å². The highest BCUT2D eigenvalue weighted by Gasteiger charge is 2.36. The second-order valence-electron chi connectivity index (χ2n) is 3.73. The van der Waals surface area contributed by atoms with Crippen molar-refractivity contribution >= 4 is 51.8 Å². The zero-order chi connectivity index (χ0) is 14.0. The molecular formula is C11H10Cl3N3O2. The van der Waals surface area contributed by atoms with Gasteiger partial charge in [0.2, 0.25) is 0 Å². The number of rotatable bonds is 3. The summed E-state index contributed by atoms with van der Waals surface area (Å²) in [6.07, 6.45) is 0.255. The van der Waals surface area contributed by atoms with E-state index in [9.17, 15) is 4.79 Å². The molecule has 0 aromatic carbocycles. The van der Waals surface area contributed by atoms with Gasteiger partial charge in [0.05, 0.1) is 11.6 Å². The van der Waals surface area contributed by atoms with Crippen LogP contribution < -0.4 is 5.01 Å². The van der Waals surface area contributed by atoms with Crippen molar-refractivity contribution in [3.05, 3.63) is 22.3 Å². The first-order chi connectivity index (χ1) is 9.02. The molecule has 0 N–H and O–H groups in total. The van der Waals surface area contributed by atoms with Crippen molar-refractivity contribution in [2.45, 2.75) is 19.4 Å². The van der Waals surface area contributed by atoms with E-state index in [0.717, 1.165) is 0 Å². The predicted molar refractivity (Wildman–Crippen MR) is 75.1 cm³/mol. The fourth-order valence-corrected chi connectivity index (χ4v) is 2.22. The maximum atomic E-state index is 11.9. The fourth-order valence-electron chi connectivity index (χ4n) is 1.66. The zero-order valence-corrected chi connectivity index (χ0v) is 12.2. The Balaban J connectivity index is 2.34. The summed E-state index contributed by atoms with van der Waals surface area (Å²) >= 11 is 17.8. The van der Waals surface area contributed by atoms with Gasteiger partial charge in [-0.15, -0.1) is 0 Å². The van der Waals surface area contributed by atoms with E-state index in [2.05, 4.69) is 10.1 Å². The number of esters is 1. The highest BCUT2D eigenvalue weighted by atomic mass is 35.5. The lowest BCUT2D eigenvalue weighted by atomic mass is 10.2. The molecule has 19 heavy (non-hydrogen) atoms. The Morgan fingerprint density at radius 1 is 1.47 bits per heavy atom. The SMILES string of the molecule is CCOC(=O)C1CC(Cl)=NN1c1nc(Cl)ccc1Cl. The Kier molecular flexibility index (Phi) is 4.50. The molecule has 2 heterocycles. The van der Waals surface area contributed by atoms with Crippen molar-refractivity contribution in [3.8, 4) is 0 Å². The molecule has 0 saturated heterocycles. The molecule has 1 aliphatic rings. The lowest BCUT2D eigenvalue weighted by Crippen LogP contribution is -2.36. The number of carbonyl (C=O) groups is 1. The van der Waals surface area contributed by atoms with Crippen LogP contribution in [0.1, 0.15) is 13.3 Å². The van der Waals surface area contributed by atoms with E-state index in [1.807, 2.05) is 0 Å². The minimum atomic E-state index is -0.670. The number of hydrogen-bond donors (Lipinski definition) is 0. The smallest absolute Gasteiger partial charge is 0.331 e. The number of nitrogens with zero attached hydrogens (tertiary/aromatic N) is 3. The third kappa shape index (κ3) is 3.11. The summed E-state index contributed by atoms with van der Waals surface area (Å²) in [7, 11) is 0. The summed E-state index contributed by atoms with van der Waals surface area (Å²) in [5.41, 5.74) is 0. The minimum Gasteiger partial charge on any atom is -0.464 e. The second-order valence-corrected chi connectivity index (χ2v) is 4.96. The molecule has 2 rings (SSSR count). The van der Waals surface area contributed by atoms with Crippen LogP contribution in [0.25, 0.3) is 0 Å². The molecule has 0 spiro atoms. The Morgan fingerprint density at radius 2 is 2.21 bits per heavy atom. The molecular weight excluding hydrogens is 312 g/mol. The Bertz CT molecular complexity index is 536. The van der Waals surface area contributed by atoms with Gasteiger partial charge in [-0.25, -0.2) is 14.8 Å². The average molecular weight is 323 g/mol. The normalized spacial score (nSPS) is 18.4. The molecule has 102 valence electrons. The third-order valence-electron chi connectivity index (χ3n) is 2.44. The van der Waals surface area contributed by atoms with Gasteiger partial charge in [0.1, 0.15) is 10.3 Å². The van der Waals surface area contributed by atoms with E-state index in [0.29, 0.717) is 5.02 Å². The van der Waals surface area contributed by atoms with Gasteiger partial charge in [0, 0.05) is 6.42 Å². The molecule has 8 heteroatoms. The van der Waals surface area contributed by atoms with Crippen LogP contribution in [-0.4, -0.2) is 28.8 Å². The molecule has 0 saturated carbocycles. The molecule has 0 fully saturated rings. The first-order valence-corrected chi connectivity index (χ1v) is 6.67. The lowest BCUT2D eigenvalue weighted by molar-refractivity contribution is -0.144. The molecule has 0 radical (unpaired) electrons. The first kappa shape index (κ1) is 14.4. The van der Waals surface area contributed by atoms with Gasteiger partial charge in [0.25, 0.3) is 0 Å². The predicted octanol–water partition coefficient (Wildman–Crippen LogP) is 3.08. The summed E-state index contributed by atoms with van der Waals surface area (Å²) < 4.78 is 4.98. The molecule has 1 atom stereocenters. The van der Waals surface area contributed by atoms with E-state index in [1.165, 1.54) is 5.01 Å². The van der Waals surface area contributed by atoms with E-state index in [1.54, 1.807) is 19.1 Å². The summed E-state index contributed by atoms with van der Waals surface area (Å²) in [6.45, 7) is 2.00. The molecule has 5 nitrogen and oxygen atoms in total. The number of carbonyl (C=O) groups excluding carboxylic acids is 1. The van der Waals surface area contributed by atoms with Gasteiger partial charge in [-0.3, -0.25) is 0 Å². The minimum absolute atomic E-state index is 0.250. The number of ether oxygens (including phenoxy) is 1. The maximum Gasteiger partial charge on any atom is 0.331 e. The number of pyridine rings is 1. The van der Waals surface area contributed by atoms with E-state index >= 15 is 0 Å². The van der Waals surface area contributed by atoms with Gasteiger partial charge in [-0.05, 0) is 19.1 Å². The molecule has 0 aliphatic carbocycles.